The number of aromatic nitrogens is 1. The Morgan fingerprint density at radius 1 is 1.75 bits per heavy atom. The lowest BCUT2D eigenvalue weighted by atomic mass is 10.3. The molecule has 88 valence electrons. The second-order valence-corrected chi connectivity index (χ2v) is 5.53. The molecule has 1 aliphatic carbocycles. The number of hydrogen-bond donors (Lipinski definition) is 0. The maximum Gasteiger partial charge on any atom is 0.196 e. The number of Topliss-reactive ketones (excluding diaryl/α,β-unsaturated/α-hetero) is 1. The molecular weight excluding hydrogens is 244 g/mol. The lowest BCUT2D eigenvalue weighted by molar-refractivity contribution is 0.101. The molecule has 1 aromatic rings. The number of rotatable bonds is 5. The van der Waals surface area contributed by atoms with Crippen molar-refractivity contribution in [2.24, 2.45) is 11.8 Å². The van der Waals surface area contributed by atoms with Crippen molar-refractivity contribution in [2.45, 2.75) is 13.3 Å². The summed E-state index contributed by atoms with van der Waals surface area (Å²) in [6.45, 7) is 3.30. The largest absolute Gasteiger partial charge is 0.351 e. The second kappa shape index (κ2) is 4.72. The van der Waals surface area contributed by atoms with Crippen LogP contribution in [0.15, 0.2) is 5.38 Å². The van der Waals surface area contributed by atoms with E-state index in [9.17, 15) is 4.79 Å². The van der Waals surface area contributed by atoms with Crippen molar-refractivity contribution in [1.82, 2.24) is 4.98 Å². The average molecular weight is 259 g/mol. The van der Waals surface area contributed by atoms with E-state index in [1.54, 1.807) is 5.38 Å². The van der Waals surface area contributed by atoms with Crippen LogP contribution in [-0.4, -0.2) is 30.2 Å². The third-order valence-corrected chi connectivity index (χ3v) is 4.21. The molecule has 1 aromatic heterocycles. The fourth-order valence-corrected chi connectivity index (χ4v) is 2.66. The molecule has 0 aromatic carbocycles. The van der Waals surface area contributed by atoms with Crippen LogP contribution >= 0.6 is 22.9 Å². The number of ketones is 1. The molecule has 0 N–H and O–H groups in total. The summed E-state index contributed by atoms with van der Waals surface area (Å²) in [5, 5.41) is 2.69. The van der Waals surface area contributed by atoms with Crippen molar-refractivity contribution in [3.05, 3.63) is 11.1 Å². The lowest BCUT2D eigenvalue weighted by Gasteiger charge is -2.14. The Morgan fingerprint density at radius 3 is 3.00 bits per heavy atom. The molecule has 0 saturated heterocycles. The Morgan fingerprint density at radius 2 is 2.44 bits per heavy atom. The van der Waals surface area contributed by atoms with E-state index in [-0.39, 0.29) is 11.7 Å². The van der Waals surface area contributed by atoms with Crippen LogP contribution in [0.1, 0.15) is 23.8 Å². The standard InChI is InChI=1S/C11H15ClN2OS/c1-7-3-8(7)5-14(2)11-13-9(6-16-11)10(15)4-12/h6-8H,3-5H2,1-2H3. The highest BCUT2D eigenvalue weighted by molar-refractivity contribution is 7.13. The number of carbonyl (C=O) groups is 1. The zero-order valence-corrected chi connectivity index (χ0v) is 11.0. The molecule has 16 heavy (non-hydrogen) atoms. The van der Waals surface area contributed by atoms with Gasteiger partial charge in [0, 0.05) is 19.0 Å². The zero-order chi connectivity index (χ0) is 11.7. The number of alkyl halides is 1. The number of thiazole rings is 1. The van der Waals surface area contributed by atoms with Gasteiger partial charge in [-0.2, -0.15) is 0 Å². The molecule has 5 heteroatoms. The maximum atomic E-state index is 11.3. The fourth-order valence-electron chi connectivity index (χ4n) is 1.72. The van der Waals surface area contributed by atoms with Crippen molar-refractivity contribution in [1.29, 1.82) is 0 Å². The fraction of sp³-hybridized carbons (Fsp3) is 0.636. The summed E-state index contributed by atoms with van der Waals surface area (Å²) in [7, 11) is 2.03. The Balaban J connectivity index is 1.98. The van der Waals surface area contributed by atoms with E-state index in [1.807, 2.05) is 7.05 Å². The minimum absolute atomic E-state index is 0.00649. The van der Waals surface area contributed by atoms with Crippen LogP contribution in [0.4, 0.5) is 5.13 Å². The quantitative estimate of drug-likeness (QED) is 0.601. The Labute approximate surface area is 104 Å². The number of hydrogen-bond acceptors (Lipinski definition) is 4. The average Bonchev–Trinajstić information content (AvgIpc) is 2.81. The van der Waals surface area contributed by atoms with Crippen LogP contribution in [0.5, 0.6) is 0 Å². The van der Waals surface area contributed by atoms with Crippen LogP contribution in [0.3, 0.4) is 0 Å². The van der Waals surface area contributed by atoms with Gasteiger partial charge in [0.2, 0.25) is 0 Å². The van der Waals surface area contributed by atoms with Gasteiger partial charge in [0.1, 0.15) is 5.69 Å². The Hall–Kier alpha value is -0.610. The Bertz CT molecular complexity index is 393. The van der Waals surface area contributed by atoms with E-state index in [1.165, 1.54) is 17.8 Å². The van der Waals surface area contributed by atoms with Crippen molar-refractivity contribution in [3.8, 4) is 0 Å². The monoisotopic (exact) mass is 258 g/mol. The molecule has 1 aliphatic rings. The van der Waals surface area contributed by atoms with Gasteiger partial charge < -0.3 is 4.90 Å². The number of carbonyl (C=O) groups excluding carboxylic acids is 1. The highest BCUT2D eigenvalue weighted by atomic mass is 35.5. The predicted molar refractivity (Wildman–Crippen MR) is 67.7 cm³/mol. The summed E-state index contributed by atoms with van der Waals surface area (Å²) < 4.78 is 0. The third kappa shape index (κ3) is 2.55. The summed E-state index contributed by atoms with van der Waals surface area (Å²) >= 11 is 7.00. The lowest BCUT2D eigenvalue weighted by Crippen LogP contribution is -2.20. The maximum absolute atomic E-state index is 11.3. The summed E-state index contributed by atoms with van der Waals surface area (Å²) in [5.41, 5.74) is 0.491. The highest BCUT2D eigenvalue weighted by Gasteiger charge is 2.33. The first kappa shape index (κ1) is 11.9. The molecule has 0 radical (unpaired) electrons. The minimum atomic E-state index is -0.0997. The van der Waals surface area contributed by atoms with Crippen molar-refractivity contribution in [3.63, 3.8) is 0 Å². The van der Waals surface area contributed by atoms with Gasteiger partial charge in [-0.25, -0.2) is 4.98 Å². The second-order valence-electron chi connectivity index (χ2n) is 4.43. The van der Waals surface area contributed by atoms with Crippen LogP contribution in [0, 0.1) is 11.8 Å². The first-order valence-electron chi connectivity index (χ1n) is 5.37. The summed E-state index contributed by atoms with van der Waals surface area (Å²) in [4.78, 5) is 17.8. The molecule has 0 spiro atoms. The molecule has 0 aliphatic heterocycles. The van der Waals surface area contributed by atoms with E-state index < -0.39 is 0 Å². The highest BCUT2D eigenvalue weighted by Crippen LogP contribution is 2.38. The van der Waals surface area contributed by atoms with Crippen molar-refractivity contribution >= 4 is 33.9 Å². The molecule has 0 bridgehead atoms. The molecule has 2 unspecified atom stereocenters. The van der Waals surface area contributed by atoms with Gasteiger partial charge >= 0.3 is 0 Å². The molecule has 0 amide bonds. The van der Waals surface area contributed by atoms with Crippen LogP contribution in [0.2, 0.25) is 0 Å². The first-order chi connectivity index (χ1) is 7.61. The summed E-state index contributed by atoms with van der Waals surface area (Å²) in [6, 6.07) is 0. The zero-order valence-electron chi connectivity index (χ0n) is 9.44. The summed E-state index contributed by atoms with van der Waals surface area (Å²) in [5.74, 6) is 1.54. The minimum Gasteiger partial charge on any atom is -0.351 e. The van der Waals surface area contributed by atoms with Crippen molar-refractivity contribution < 1.29 is 4.79 Å². The number of nitrogens with zero attached hydrogens (tertiary/aromatic N) is 2. The van der Waals surface area contributed by atoms with E-state index in [2.05, 4.69) is 16.8 Å². The predicted octanol–water partition coefficient (Wildman–Crippen LogP) is 2.66. The van der Waals surface area contributed by atoms with Gasteiger partial charge in [-0.05, 0) is 18.3 Å². The molecule has 1 saturated carbocycles. The molecular formula is C11H15ClN2OS. The van der Waals surface area contributed by atoms with E-state index in [0.717, 1.165) is 23.5 Å². The number of anilines is 1. The van der Waals surface area contributed by atoms with Gasteiger partial charge in [0.25, 0.3) is 0 Å². The molecule has 2 rings (SSSR count). The topological polar surface area (TPSA) is 33.2 Å². The van der Waals surface area contributed by atoms with E-state index in [4.69, 9.17) is 11.6 Å². The molecule has 1 heterocycles. The van der Waals surface area contributed by atoms with Gasteiger partial charge in [-0.1, -0.05) is 6.92 Å². The van der Waals surface area contributed by atoms with Crippen LogP contribution < -0.4 is 4.90 Å². The van der Waals surface area contributed by atoms with Gasteiger partial charge in [0.15, 0.2) is 10.9 Å². The SMILES string of the molecule is CC1CC1CN(C)c1nc(C(=O)CCl)cs1. The number of halogens is 1. The third-order valence-electron chi connectivity index (χ3n) is 3.01. The van der Waals surface area contributed by atoms with Crippen molar-refractivity contribution in [2.75, 3.05) is 24.4 Å². The molecule has 1 fully saturated rings. The molecule has 2 atom stereocenters. The smallest absolute Gasteiger partial charge is 0.196 e. The van der Waals surface area contributed by atoms with Gasteiger partial charge in [0.05, 0.1) is 5.88 Å². The Kier molecular flexibility index (Phi) is 3.50. The molecule has 3 nitrogen and oxygen atoms in total. The normalized spacial score (nSPS) is 23.2. The van der Waals surface area contributed by atoms with Crippen LogP contribution in [0.25, 0.3) is 0 Å². The van der Waals surface area contributed by atoms with E-state index >= 15 is 0 Å². The van der Waals surface area contributed by atoms with Crippen LogP contribution in [-0.2, 0) is 0 Å². The van der Waals surface area contributed by atoms with Gasteiger partial charge in [-0.3, -0.25) is 4.79 Å². The van der Waals surface area contributed by atoms with Gasteiger partial charge in [-0.15, -0.1) is 22.9 Å². The first-order valence-corrected chi connectivity index (χ1v) is 6.79. The van der Waals surface area contributed by atoms with E-state index in [0.29, 0.717) is 5.69 Å². The summed E-state index contributed by atoms with van der Waals surface area (Å²) in [6.07, 6.45) is 1.31.